The number of para-hydroxylation sites is 1. The maximum atomic E-state index is 10.1. The Bertz CT molecular complexity index is 748. The number of aromatic nitrogens is 2. The Kier molecular flexibility index (Phi) is 3.06. The Hall–Kier alpha value is -2.49. The summed E-state index contributed by atoms with van der Waals surface area (Å²) in [4.78, 5) is 0. The Morgan fingerprint density at radius 1 is 1.25 bits per heavy atom. The van der Waals surface area contributed by atoms with Crippen LogP contribution in [-0.2, 0) is 0 Å². The van der Waals surface area contributed by atoms with E-state index in [-0.39, 0.29) is 6.04 Å². The van der Waals surface area contributed by atoms with Gasteiger partial charge in [0.05, 0.1) is 23.4 Å². The SMILES string of the molecule is Cc1ccc(C(C)Nc2cccc3cn[nH]c23)c(O)c1. The number of aromatic amines is 1. The van der Waals surface area contributed by atoms with Crippen molar-refractivity contribution in [2.45, 2.75) is 19.9 Å². The van der Waals surface area contributed by atoms with Gasteiger partial charge in [0.1, 0.15) is 5.75 Å². The number of aromatic hydroxyl groups is 1. The van der Waals surface area contributed by atoms with Gasteiger partial charge >= 0.3 is 0 Å². The van der Waals surface area contributed by atoms with Crippen LogP contribution in [0, 0.1) is 6.92 Å². The molecule has 4 heteroatoms. The largest absolute Gasteiger partial charge is 0.508 e. The maximum Gasteiger partial charge on any atom is 0.121 e. The topological polar surface area (TPSA) is 60.9 Å². The fraction of sp³-hybridized carbons (Fsp3) is 0.188. The molecule has 0 aliphatic rings. The molecule has 0 fully saturated rings. The summed E-state index contributed by atoms with van der Waals surface area (Å²) in [6, 6.07) is 11.7. The van der Waals surface area contributed by atoms with Crippen LogP contribution >= 0.6 is 0 Å². The first-order chi connectivity index (χ1) is 9.65. The first-order valence-electron chi connectivity index (χ1n) is 6.63. The molecule has 20 heavy (non-hydrogen) atoms. The molecule has 1 heterocycles. The van der Waals surface area contributed by atoms with Crippen molar-refractivity contribution in [3.8, 4) is 5.75 Å². The van der Waals surface area contributed by atoms with Crippen LogP contribution in [0.4, 0.5) is 5.69 Å². The van der Waals surface area contributed by atoms with Crippen molar-refractivity contribution in [3.63, 3.8) is 0 Å². The number of aryl methyl sites for hydroxylation is 1. The first kappa shape index (κ1) is 12.5. The highest BCUT2D eigenvalue weighted by molar-refractivity contribution is 5.90. The number of anilines is 1. The predicted molar refractivity (Wildman–Crippen MR) is 81.0 cm³/mol. The molecule has 0 spiro atoms. The van der Waals surface area contributed by atoms with Crippen molar-refractivity contribution in [3.05, 3.63) is 53.7 Å². The lowest BCUT2D eigenvalue weighted by atomic mass is 10.0. The van der Waals surface area contributed by atoms with Crippen molar-refractivity contribution in [1.82, 2.24) is 10.2 Å². The summed E-state index contributed by atoms with van der Waals surface area (Å²) in [6.45, 7) is 3.99. The molecule has 0 saturated carbocycles. The molecule has 1 unspecified atom stereocenters. The number of benzene rings is 2. The van der Waals surface area contributed by atoms with E-state index in [0.717, 1.165) is 27.7 Å². The zero-order chi connectivity index (χ0) is 14.1. The number of hydrogen-bond acceptors (Lipinski definition) is 3. The molecule has 4 nitrogen and oxygen atoms in total. The molecule has 3 aromatic rings. The van der Waals surface area contributed by atoms with E-state index in [4.69, 9.17) is 0 Å². The number of phenolic OH excluding ortho intramolecular Hbond substituents is 1. The highest BCUT2D eigenvalue weighted by atomic mass is 16.3. The third-order valence-electron chi connectivity index (χ3n) is 3.50. The van der Waals surface area contributed by atoms with Gasteiger partial charge in [-0.25, -0.2) is 0 Å². The van der Waals surface area contributed by atoms with Gasteiger partial charge in [-0.05, 0) is 31.5 Å². The summed E-state index contributed by atoms with van der Waals surface area (Å²) in [5.41, 5.74) is 3.89. The predicted octanol–water partition coefficient (Wildman–Crippen LogP) is 3.75. The average Bonchev–Trinajstić information content (AvgIpc) is 2.87. The first-order valence-corrected chi connectivity index (χ1v) is 6.63. The van der Waals surface area contributed by atoms with Crippen LogP contribution in [0.25, 0.3) is 10.9 Å². The van der Waals surface area contributed by atoms with E-state index < -0.39 is 0 Å². The number of phenols is 1. The lowest BCUT2D eigenvalue weighted by Gasteiger charge is -2.17. The lowest BCUT2D eigenvalue weighted by Crippen LogP contribution is -2.07. The molecule has 0 bridgehead atoms. The zero-order valence-corrected chi connectivity index (χ0v) is 11.5. The second kappa shape index (κ2) is 4.89. The van der Waals surface area contributed by atoms with Crippen molar-refractivity contribution in [2.24, 2.45) is 0 Å². The Morgan fingerprint density at radius 2 is 2.10 bits per heavy atom. The summed E-state index contributed by atoms with van der Waals surface area (Å²) in [5, 5.41) is 21.6. The standard InChI is InChI=1S/C16H17N3O/c1-10-6-7-13(15(20)8-10)11(2)18-14-5-3-4-12-9-17-19-16(12)14/h3-9,11,18,20H,1-2H3,(H,17,19). The van der Waals surface area contributed by atoms with Crippen LogP contribution in [0.1, 0.15) is 24.1 Å². The fourth-order valence-electron chi connectivity index (χ4n) is 2.42. The van der Waals surface area contributed by atoms with E-state index in [2.05, 4.69) is 15.5 Å². The lowest BCUT2D eigenvalue weighted by molar-refractivity contribution is 0.465. The molecule has 3 rings (SSSR count). The van der Waals surface area contributed by atoms with Gasteiger partial charge in [0.15, 0.2) is 0 Å². The molecule has 2 aromatic carbocycles. The highest BCUT2D eigenvalue weighted by Gasteiger charge is 2.12. The Morgan fingerprint density at radius 3 is 2.90 bits per heavy atom. The van der Waals surface area contributed by atoms with Gasteiger partial charge in [0.2, 0.25) is 0 Å². The van der Waals surface area contributed by atoms with Crippen LogP contribution in [0.15, 0.2) is 42.6 Å². The molecule has 102 valence electrons. The molecule has 0 aliphatic heterocycles. The van der Waals surface area contributed by atoms with E-state index in [1.165, 1.54) is 0 Å². The van der Waals surface area contributed by atoms with Crippen LogP contribution < -0.4 is 5.32 Å². The van der Waals surface area contributed by atoms with Gasteiger partial charge in [-0.15, -0.1) is 0 Å². The number of fused-ring (bicyclic) bond motifs is 1. The van der Waals surface area contributed by atoms with E-state index >= 15 is 0 Å². The van der Waals surface area contributed by atoms with Gasteiger partial charge in [0, 0.05) is 10.9 Å². The average molecular weight is 267 g/mol. The minimum atomic E-state index is 0.00417. The molecular formula is C16H17N3O. The zero-order valence-electron chi connectivity index (χ0n) is 11.5. The van der Waals surface area contributed by atoms with E-state index in [1.54, 1.807) is 12.3 Å². The van der Waals surface area contributed by atoms with E-state index in [9.17, 15) is 5.11 Å². The molecular weight excluding hydrogens is 250 g/mol. The van der Waals surface area contributed by atoms with Crippen molar-refractivity contribution in [2.75, 3.05) is 5.32 Å². The molecule has 3 N–H and O–H groups in total. The number of nitrogens with one attached hydrogen (secondary N) is 2. The summed E-state index contributed by atoms with van der Waals surface area (Å²) >= 11 is 0. The smallest absolute Gasteiger partial charge is 0.121 e. The molecule has 0 amide bonds. The second-order valence-corrected chi connectivity index (χ2v) is 5.07. The Labute approximate surface area is 117 Å². The highest BCUT2D eigenvalue weighted by Crippen LogP contribution is 2.30. The molecule has 1 atom stereocenters. The number of rotatable bonds is 3. The van der Waals surface area contributed by atoms with Gasteiger partial charge in [0.25, 0.3) is 0 Å². The van der Waals surface area contributed by atoms with E-state index in [1.807, 2.05) is 44.2 Å². The van der Waals surface area contributed by atoms with Crippen LogP contribution in [0.2, 0.25) is 0 Å². The third-order valence-corrected chi connectivity index (χ3v) is 3.50. The summed E-state index contributed by atoms with van der Waals surface area (Å²) < 4.78 is 0. The number of hydrogen-bond donors (Lipinski definition) is 3. The van der Waals surface area contributed by atoms with Gasteiger partial charge in [-0.3, -0.25) is 5.10 Å². The van der Waals surface area contributed by atoms with Gasteiger partial charge in [-0.2, -0.15) is 5.10 Å². The van der Waals surface area contributed by atoms with Crippen molar-refractivity contribution < 1.29 is 5.11 Å². The summed E-state index contributed by atoms with van der Waals surface area (Å²) in [6.07, 6.45) is 1.80. The van der Waals surface area contributed by atoms with Crippen LogP contribution in [0.3, 0.4) is 0 Å². The van der Waals surface area contributed by atoms with Gasteiger partial charge < -0.3 is 10.4 Å². The number of nitrogens with zero attached hydrogens (tertiary/aromatic N) is 1. The van der Waals surface area contributed by atoms with Crippen molar-refractivity contribution >= 4 is 16.6 Å². The molecule has 1 aromatic heterocycles. The number of H-pyrrole nitrogens is 1. The minimum Gasteiger partial charge on any atom is -0.508 e. The molecule has 0 aliphatic carbocycles. The normalized spacial score (nSPS) is 12.5. The summed E-state index contributed by atoms with van der Waals surface area (Å²) in [5.74, 6) is 0.321. The second-order valence-electron chi connectivity index (χ2n) is 5.07. The molecule has 0 saturated heterocycles. The quantitative estimate of drug-likeness (QED) is 0.677. The van der Waals surface area contributed by atoms with Crippen LogP contribution in [-0.4, -0.2) is 15.3 Å². The molecule has 0 radical (unpaired) electrons. The summed E-state index contributed by atoms with van der Waals surface area (Å²) in [7, 11) is 0. The third kappa shape index (κ3) is 2.20. The maximum absolute atomic E-state index is 10.1. The van der Waals surface area contributed by atoms with E-state index in [0.29, 0.717) is 5.75 Å². The van der Waals surface area contributed by atoms with Gasteiger partial charge in [-0.1, -0.05) is 24.3 Å². The Balaban J connectivity index is 1.92. The fourth-order valence-corrected chi connectivity index (χ4v) is 2.42. The van der Waals surface area contributed by atoms with Crippen molar-refractivity contribution in [1.29, 1.82) is 0 Å². The minimum absolute atomic E-state index is 0.00417. The van der Waals surface area contributed by atoms with Crippen LogP contribution in [0.5, 0.6) is 5.75 Å². The monoisotopic (exact) mass is 267 g/mol.